The van der Waals surface area contributed by atoms with Gasteiger partial charge in [0.05, 0.1) is 32.5 Å². The molecule has 0 rings (SSSR count). The molecular weight excluding hydrogens is 382 g/mol. The van der Waals surface area contributed by atoms with Crippen molar-refractivity contribution >= 4 is 5.91 Å². The molecule has 6 heteroatoms. The van der Waals surface area contributed by atoms with Crippen molar-refractivity contribution in [3.63, 3.8) is 0 Å². The number of carbonyl (C=O) groups excluding carboxylic acids is 1. The molecule has 0 saturated carbocycles. The molecule has 0 spiro atoms. The molecule has 0 fully saturated rings. The van der Waals surface area contributed by atoms with Crippen LogP contribution in [-0.4, -0.2) is 76.8 Å². The lowest BCUT2D eigenvalue weighted by Crippen LogP contribution is -2.25. The van der Waals surface area contributed by atoms with Crippen LogP contribution in [0.15, 0.2) is 0 Å². The Morgan fingerprint density at radius 1 is 0.700 bits per heavy atom. The van der Waals surface area contributed by atoms with Gasteiger partial charge in [-0.1, -0.05) is 33.1 Å². The van der Waals surface area contributed by atoms with Crippen molar-refractivity contribution in [2.75, 3.05) is 59.8 Å². The molecule has 0 aliphatic heterocycles. The lowest BCUT2D eigenvalue weighted by atomic mass is 10.2. The number of nitrogens with zero attached hydrogens (tertiary/aromatic N) is 1. The second-order valence-corrected chi connectivity index (χ2v) is 7.39. The average molecular weight is 434 g/mol. The Hall–Kier alpha value is -0.690. The third-order valence-electron chi connectivity index (χ3n) is 4.46. The second kappa shape index (κ2) is 26.3. The first-order valence-corrected chi connectivity index (χ1v) is 12.2. The molecule has 0 bridgehead atoms. The van der Waals surface area contributed by atoms with Gasteiger partial charge in [0.2, 0.25) is 5.91 Å². The van der Waals surface area contributed by atoms with Gasteiger partial charge in [0.1, 0.15) is 0 Å². The molecule has 1 amide bonds. The summed E-state index contributed by atoms with van der Waals surface area (Å²) in [5.41, 5.74) is 0. The number of hydrogen-bond acceptors (Lipinski definition) is 5. The van der Waals surface area contributed by atoms with E-state index in [9.17, 15) is 4.79 Å². The summed E-state index contributed by atoms with van der Waals surface area (Å²) in [4.78, 5) is 13.4. The smallest absolute Gasteiger partial charge is 0.222 e. The Morgan fingerprint density at radius 3 is 1.60 bits per heavy atom. The lowest BCUT2D eigenvalue weighted by molar-refractivity contribution is -0.129. The zero-order valence-corrected chi connectivity index (χ0v) is 20.9. The molecule has 0 heterocycles. The Bertz CT molecular complexity index is 340. The molecule has 0 aliphatic carbocycles. The molecule has 0 saturated heterocycles. The van der Waals surface area contributed by atoms with Crippen LogP contribution in [0.4, 0.5) is 0 Å². The largest absolute Gasteiger partial charge is 0.379 e. The molecular formula is C24H51NO5. The van der Waals surface area contributed by atoms with Gasteiger partial charge in [0, 0.05) is 39.8 Å². The normalized spacial score (nSPS) is 10.8. The van der Waals surface area contributed by atoms with E-state index in [0.29, 0.717) is 39.0 Å². The molecule has 0 aromatic heterocycles. The van der Waals surface area contributed by atoms with E-state index in [1.54, 1.807) is 4.90 Å². The fourth-order valence-electron chi connectivity index (χ4n) is 2.55. The highest BCUT2D eigenvalue weighted by Gasteiger charge is 2.05. The van der Waals surface area contributed by atoms with E-state index >= 15 is 0 Å². The van der Waals surface area contributed by atoms with Crippen molar-refractivity contribution in [1.29, 1.82) is 0 Å². The minimum Gasteiger partial charge on any atom is -0.379 e. The lowest BCUT2D eigenvalue weighted by Gasteiger charge is -2.13. The maximum Gasteiger partial charge on any atom is 0.222 e. The van der Waals surface area contributed by atoms with E-state index in [1.807, 2.05) is 27.8 Å². The molecule has 0 aromatic rings. The monoisotopic (exact) mass is 433 g/mol. The number of hydrogen-bond donors (Lipinski definition) is 0. The summed E-state index contributed by atoms with van der Waals surface area (Å²) in [6, 6.07) is 0. The van der Waals surface area contributed by atoms with Crippen molar-refractivity contribution in [1.82, 2.24) is 4.90 Å². The summed E-state index contributed by atoms with van der Waals surface area (Å²) in [6.45, 7) is 15.8. The summed E-state index contributed by atoms with van der Waals surface area (Å²) < 4.78 is 22.1. The zero-order chi connectivity index (χ0) is 22.9. The molecule has 0 N–H and O–H groups in total. The van der Waals surface area contributed by atoms with Crippen LogP contribution in [0, 0.1) is 0 Å². The van der Waals surface area contributed by atoms with E-state index in [-0.39, 0.29) is 5.91 Å². The molecule has 0 atom stereocenters. The number of ether oxygens (including phenoxy) is 4. The zero-order valence-electron chi connectivity index (χ0n) is 20.9. The predicted octanol–water partition coefficient (Wildman–Crippen LogP) is 5.09. The van der Waals surface area contributed by atoms with Crippen LogP contribution in [0.2, 0.25) is 0 Å². The average Bonchev–Trinajstić information content (AvgIpc) is 2.75. The summed E-state index contributed by atoms with van der Waals surface area (Å²) in [5, 5.41) is 0. The van der Waals surface area contributed by atoms with Crippen LogP contribution in [0.5, 0.6) is 0 Å². The van der Waals surface area contributed by atoms with Crippen LogP contribution in [-0.2, 0) is 23.7 Å². The fourth-order valence-corrected chi connectivity index (χ4v) is 2.55. The van der Waals surface area contributed by atoms with Crippen LogP contribution >= 0.6 is 0 Å². The number of rotatable bonds is 21. The third kappa shape index (κ3) is 25.3. The van der Waals surface area contributed by atoms with Gasteiger partial charge in [-0.05, 0) is 46.5 Å². The summed E-state index contributed by atoms with van der Waals surface area (Å²) in [6.07, 6.45) is 8.57. The van der Waals surface area contributed by atoms with E-state index in [4.69, 9.17) is 18.9 Å². The van der Waals surface area contributed by atoms with E-state index < -0.39 is 0 Å². The van der Waals surface area contributed by atoms with Crippen molar-refractivity contribution in [2.45, 2.75) is 92.1 Å². The van der Waals surface area contributed by atoms with Gasteiger partial charge in [-0.3, -0.25) is 4.79 Å². The summed E-state index contributed by atoms with van der Waals surface area (Å²) in [5.74, 6) is 0.232. The maximum atomic E-state index is 11.6. The summed E-state index contributed by atoms with van der Waals surface area (Å²) >= 11 is 0. The minimum atomic E-state index is 0.232. The number of unbranched alkanes of at least 4 members (excludes halogenated alkanes) is 5. The van der Waals surface area contributed by atoms with E-state index in [0.717, 1.165) is 58.5 Å². The fraction of sp³-hybridized carbons (Fsp3) is 0.958. The van der Waals surface area contributed by atoms with Gasteiger partial charge in [-0.2, -0.15) is 0 Å². The van der Waals surface area contributed by atoms with Crippen molar-refractivity contribution < 1.29 is 23.7 Å². The second-order valence-electron chi connectivity index (χ2n) is 7.39. The quantitative estimate of drug-likeness (QED) is 0.236. The first kappa shape index (κ1) is 31.5. The first-order valence-electron chi connectivity index (χ1n) is 12.2. The molecule has 0 radical (unpaired) electrons. The Kier molecular flexibility index (Phi) is 27.7. The highest BCUT2D eigenvalue weighted by Crippen LogP contribution is 2.03. The van der Waals surface area contributed by atoms with Crippen molar-refractivity contribution in [2.24, 2.45) is 0 Å². The number of carbonyl (C=O) groups is 1. The van der Waals surface area contributed by atoms with Crippen molar-refractivity contribution in [3.8, 4) is 0 Å². The van der Waals surface area contributed by atoms with Gasteiger partial charge in [0.25, 0.3) is 0 Å². The highest BCUT2D eigenvalue weighted by atomic mass is 16.5. The first-order chi connectivity index (χ1) is 14.6. The molecule has 0 aromatic carbocycles. The van der Waals surface area contributed by atoms with Gasteiger partial charge in [-0.25, -0.2) is 0 Å². The maximum absolute atomic E-state index is 11.6. The Balaban J connectivity index is 0. The van der Waals surface area contributed by atoms with Crippen molar-refractivity contribution in [3.05, 3.63) is 0 Å². The topological polar surface area (TPSA) is 57.2 Å². The third-order valence-corrected chi connectivity index (χ3v) is 4.46. The molecule has 0 unspecified atom stereocenters. The highest BCUT2D eigenvalue weighted by molar-refractivity contribution is 5.75. The van der Waals surface area contributed by atoms with Crippen LogP contribution in [0.1, 0.15) is 86.0 Å². The predicted molar refractivity (Wildman–Crippen MR) is 125 cm³/mol. The Labute approximate surface area is 187 Å². The molecule has 0 aliphatic rings. The minimum absolute atomic E-state index is 0.232. The van der Waals surface area contributed by atoms with Gasteiger partial charge < -0.3 is 23.8 Å². The standard InChI is InChI=1S/C22H45NO5.C2H6/c1-5-23(4)22(24)13-9-8-11-15-26-18-20-27-19-17-25-14-10-6-7-12-16-28-21(2)3;1-2/h21H,5-20H2,1-4H3;1-2H3. The van der Waals surface area contributed by atoms with E-state index in [2.05, 4.69) is 13.8 Å². The molecule has 6 nitrogen and oxygen atoms in total. The van der Waals surface area contributed by atoms with Crippen LogP contribution < -0.4 is 0 Å². The Morgan fingerprint density at radius 2 is 1.13 bits per heavy atom. The van der Waals surface area contributed by atoms with Gasteiger partial charge in [-0.15, -0.1) is 0 Å². The molecule has 30 heavy (non-hydrogen) atoms. The van der Waals surface area contributed by atoms with Gasteiger partial charge in [0.15, 0.2) is 0 Å². The SMILES string of the molecule is CC.CCN(C)C(=O)CCCCCOCCOCCOCCCCCCOC(C)C. The van der Waals surface area contributed by atoms with Crippen LogP contribution in [0.25, 0.3) is 0 Å². The van der Waals surface area contributed by atoms with E-state index in [1.165, 1.54) is 12.8 Å². The summed E-state index contributed by atoms with van der Waals surface area (Å²) in [7, 11) is 1.85. The molecule has 182 valence electrons. The van der Waals surface area contributed by atoms with Gasteiger partial charge >= 0.3 is 0 Å². The van der Waals surface area contributed by atoms with Crippen LogP contribution in [0.3, 0.4) is 0 Å². The number of amides is 1.